The molecule has 5 heteroatoms. The third-order valence-corrected chi connectivity index (χ3v) is 1.93. The van der Waals surface area contributed by atoms with Crippen molar-refractivity contribution in [2.45, 2.75) is 0 Å². The third kappa shape index (κ3) is 1.32. The minimum atomic E-state index is -1.66. The first-order valence-electron chi connectivity index (χ1n) is 3.81. The van der Waals surface area contributed by atoms with Crippen LogP contribution in [0.4, 0.5) is 4.39 Å². The van der Waals surface area contributed by atoms with Gasteiger partial charge in [0.15, 0.2) is 0 Å². The van der Waals surface area contributed by atoms with Gasteiger partial charge in [0.2, 0.25) is 0 Å². The van der Waals surface area contributed by atoms with E-state index in [-0.39, 0.29) is 5.46 Å². The second-order valence-corrected chi connectivity index (χ2v) is 2.81. The Kier molecular flexibility index (Phi) is 1.83. The van der Waals surface area contributed by atoms with Gasteiger partial charge in [-0.05, 0) is 18.2 Å². The highest BCUT2D eigenvalue weighted by molar-refractivity contribution is 6.61. The van der Waals surface area contributed by atoms with Gasteiger partial charge in [-0.15, -0.1) is 0 Å². The van der Waals surface area contributed by atoms with Gasteiger partial charge in [0.25, 0.3) is 0 Å². The Morgan fingerprint density at radius 3 is 2.77 bits per heavy atom. The average Bonchev–Trinajstić information content (AvgIpc) is 2.49. The maximum absolute atomic E-state index is 12.9. The fraction of sp³-hybridized carbons (Fsp3) is 0. The van der Waals surface area contributed by atoms with E-state index in [9.17, 15) is 4.39 Å². The molecule has 1 aromatic heterocycles. The molecule has 0 aliphatic heterocycles. The highest BCUT2D eigenvalue weighted by atomic mass is 19.1. The zero-order valence-corrected chi connectivity index (χ0v) is 6.66. The zero-order valence-electron chi connectivity index (χ0n) is 6.66. The maximum atomic E-state index is 12.9. The van der Waals surface area contributed by atoms with Crippen LogP contribution in [0.3, 0.4) is 0 Å². The van der Waals surface area contributed by atoms with Crippen LogP contribution in [0.25, 0.3) is 10.9 Å². The van der Waals surface area contributed by atoms with E-state index in [0.717, 1.165) is 6.07 Å². The van der Waals surface area contributed by atoms with Crippen LogP contribution >= 0.6 is 0 Å². The number of H-pyrrole nitrogens is 1. The number of fused-ring (bicyclic) bond motifs is 1. The topological polar surface area (TPSA) is 56.2 Å². The van der Waals surface area contributed by atoms with E-state index in [1.54, 1.807) is 12.3 Å². The Morgan fingerprint density at radius 2 is 2.08 bits per heavy atom. The predicted molar refractivity (Wildman–Crippen MR) is 48.1 cm³/mol. The Morgan fingerprint density at radius 1 is 1.31 bits per heavy atom. The van der Waals surface area contributed by atoms with Crippen LogP contribution in [-0.4, -0.2) is 22.2 Å². The fourth-order valence-electron chi connectivity index (χ4n) is 1.37. The SMILES string of the molecule is OB(O)c1cc(F)cc2cc[nH]c12. The maximum Gasteiger partial charge on any atom is 0.490 e. The molecular weight excluding hydrogens is 172 g/mol. The highest BCUT2D eigenvalue weighted by Gasteiger charge is 2.16. The zero-order chi connectivity index (χ0) is 9.42. The molecule has 0 aliphatic carbocycles. The van der Waals surface area contributed by atoms with Gasteiger partial charge in [-0.3, -0.25) is 0 Å². The summed E-state index contributed by atoms with van der Waals surface area (Å²) in [4.78, 5) is 2.81. The molecule has 0 saturated carbocycles. The van der Waals surface area contributed by atoms with Crippen molar-refractivity contribution in [2.24, 2.45) is 0 Å². The lowest BCUT2D eigenvalue weighted by molar-refractivity contribution is 0.426. The molecule has 0 radical (unpaired) electrons. The van der Waals surface area contributed by atoms with Crippen molar-refractivity contribution < 1.29 is 14.4 Å². The molecule has 1 heterocycles. The van der Waals surface area contributed by atoms with Crippen molar-refractivity contribution in [1.82, 2.24) is 4.98 Å². The number of rotatable bonds is 1. The summed E-state index contributed by atoms with van der Waals surface area (Å²) in [5.41, 5.74) is 0.705. The molecule has 0 unspecified atom stereocenters. The molecule has 1 aromatic carbocycles. The van der Waals surface area contributed by atoms with Crippen molar-refractivity contribution >= 4 is 23.5 Å². The number of aromatic amines is 1. The molecule has 0 spiro atoms. The van der Waals surface area contributed by atoms with Crippen LogP contribution in [0.2, 0.25) is 0 Å². The van der Waals surface area contributed by atoms with Gasteiger partial charge in [0.05, 0.1) is 0 Å². The first-order chi connectivity index (χ1) is 6.18. The number of benzene rings is 1. The summed E-state index contributed by atoms with van der Waals surface area (Å²) in [6.45, 7) is 0. The fourth-order valence-corrected chi connectivity index (χ4v) is 1.37. The molecule has 0 atom stereocenters. The van der Waals surface area contributed by atoms with Gasteiger partial charge in [-0.1, -0.05) is 0 Å². The van der Waals surface area contributed by atoms with Gasteiger partial charge in [-0.25, -0.2) is 4.39 Å². The largest absolute Gasteiger partial charge is 0.490 e. The normalized spacial score (nSPS) is 10.7. The third-order valence-electron chi connectivity index (χ3n) is 1.93. The van der Waals surface area contributed by atoms with E-state index in [1.807, 2.05) is 0 Å². The van der Waals surface area contributed by atoms with Gasteiger partial charge in [-0.2, -0.15) is 0 Å². The monoisotopic (exact) mass is 179 g/mol. The summed E-state index contributed by atoms with van der Waals surface area (Å²) in [5.74, 6) is -0.477. The van der Waals surface area contributed by atoms with Crippen molar-refractivity contribution in [1.29, 1.82) is 0 Å². The molecule has 66 valence electrons. The van der Waals surface area contributed by atoms with E-state index >= 15 is 0 Å². The molecule has 13 heavy (non-hydrogen) atoms. The summed E-state index contributed by atoms with van der Waals surface area (Å²) >= 11 is 0. The summed E-state index contributed by atoms with van der Waals surface area (Å²) in [7, 11) is -1.66. The summed E-state index contributed by atoms with van der Waals surface area (Å²) in [6.07, 6.45) is 1.62. The van der Waals surface area contributed by atoms with E-state index in [4.69, 9.17) is 10.0 Å². The molecule has 2 aromatic rings. The lowest BCUT2D eigenvalue weighted by Gasteiger charge is -2.01. The lowest BCUT2D eigenvalue weighted by atomic mass is 9.79. The summed E-state index contributed by atoms with van der Waals surface area (Å²) in [5, 5.41) is 18.5. The van der Waals surface area contributed by atoms with Crippen LogP contribution in [-0.2, 0) is 0 Å². The van der Waals surface area contributed by atoms with Gasteiger partial charge in [0.1, 0.15) is 5.82 Å². The second-order valence-electron chi connectivity index (χ2n) is 2.81. The average molecular weight is 179 g/mol. The molecule has 0 fully saturated rings. The highest BCUT2D eigenvalue weighted by Crippen LogP contribution is 2.11. The first kappa shape index (κ1) is 8.28. The van der Waals surface area contributed by atoms with Crippen molar-refractivity contribution in [2.75, 3.05) is 0 Å². The van der Waals surface area contributed by atoms with Crippen LogP contribution in [0.5, 0.6) is 0 Å². The van der Waals surface area contributed by atoms with Crippen LogP contribution in [0, 0.1) is 5.82 Å². The minimum Gasteiger partial charge on any atom is -0.423 e. The number of hydrogen-bond donors (Lipinski definition) is 3. The van der Waals surface area contributed by atoms with E-state index < -0.39 is 12.9 Å². The Bertz CT molecular complexity index is 441. The van der Waals surface area contributed by atoms with E-state index in [2.05, 4.69) is 4.98 Å². The molecule has 0 bridgehead atoms. The molecule has 3 nitrogen and oxygen atoms in total. The molecule has 3 N–H and O–H groups in total. The second kappa shape index (κ2) is 2.87. The Labute approximate surface area is 74.0 Å². The minimum absolute atomic E-state index is 0.153. The Balaban J connectivity index is 2.77. The lowest BCUT2D eigenvalue weighted by Crippen LogP contribution is -2.31. The van der Waals surface area contributed by atoms with Crippen LogP contribution in [0.1, 0.15) is 0 Å². The van der Waals surface area contributed by atoms with Crippen LogP contribution in [0.15, 0.2) is 24.4 Å². The smallest absolute Gasteiger partial charge is 0.423 e. The molecular formula is C8H7BFNO2. The first-order valence-corrected chi connectivity index (χ1v) is 3.81. The van der Waals surface area contributed by atoms with Crippen LogP contribution < -0.4 is 5.46 Å². The van der Waals surface area contributed by atoms with Gasteiger partial charge >= 0.3 is 7.12 Å². The van der Waals surface area contributed by atoms with Crippen molar-refractivity contribution in [3.05, 3.63) is 30.2 Å². The number of halogens is 1. The number of aromatic nitrogens is 1. The van der Waals surface area contributed by atoms with Crippen molar-refractivity contribution in [3.63, 3.8) is 0 Å². The molecule has 0 aliphatic rings. The summed E-state index contributed by atoms with van der Waals surface area (Å²) < 4.78 is 12.9. The van der Waals surface area contributed by atoms with E-state index in [1.165, 1.54) is 6.07 Å². The predicted octanol–water partition coefficient (Wildman–Crippen LogP) is -0.0132. The van der Waals surface area contributed by atoms with Crippen molar-refractivity contribution in [3.8, 4) is 0 Å². The number of hydrogen-bond acceptors (Lipinski definition) is 2. The molecule has 2 rings (SSSR count). The quantitative estimate of drug-likeness (QED) is 0.539. The Hall–Kier alpha value is -1.33. The standard InChI is InChI=1S/C8H7BFNO2/c10-6-3-5-1-2-11-8(5)7(4-6)9(12)13/h1-4,11-13H. The number of nitrogens with one attached hydrogen (secondary N) is 1. The van der Waals surface area contributed by atoms with Gasteiger partial charge in [0, 0.05) is 22.6 Å². The molecule has 0 saturated heterocycles. The van der Waals surface area contributed by atoms with Gasteiger partial charge < -0.3 is 15.0 Å². The van der Waals surface area contributed by atoms with E-state index in [0.29, 0.717) is 10.9 Å². The molecule has 0 amide bonds. The summed E-state index contributed by atoms with van der Waals surface area (Å²) in [6, 6.07) is 4.10.